The Labute approximate surface area is 157 Å². The number of nitrogens with one attached hydrogen (secondary N) is 1. The highest BCUT2D eigenvalue weighted by molar-refractivity contribution is 7.19. The second-order valence-electron chi connectivity index (χ2n) is 6.30. The van der Waals surface area contributed by atoms with E-state index < -0.39 is 0 Å². The van der Waals surface area contributed by atoms with Crippen LogP contribution < -0.4 is 5.56 Å². The van der Waals surface area contributed by atoms with Crippen molar-refractivity contribution in [2.45, 2.75) is 13.0 Å². The summed E-state index contributed by atoms with van der Waals surface area (Å²) in [4.78, 5) is 21.7. The molecule has 5 heterocycles. The van der Waals surface area contributed by atoms with Crippen molar-refractivity contribution in [1.82, 2.24) is 34.5 Å². The Kier molecular flexibility index (Phi) is 3.61. The van der Waals surface area contributed by atoms with Gasteiger partial charge in [-0.05, 0) is 23.8 Å². The average molecular weight is 377 g/mol. The van der Waals surface area contributed by atoms with Gasteiger partial charge in [-0.15, -0.1) is 11.3 Å². The zero-order valence-electron chi connectivity index (χ0n) is 14.5. The minimum absolute atomic E-state index is 0.118. The van der Waals surface area contributed by atoms with Gasteiger partial charge in [0.25, 0.3) is 5.56 Å². The number of nitrogens with zero attached hydrogens (tertiary/aromatic N) is 6. The number of pyridine rings is 1. The fourth-order valence-electron chi connectivity index (χ4n) is 3.23. The maximum atomic E-state index is 13.0. The Hall–Kier alpha value is -3.33. The number of hydrogen-bond donors (Lipinski definition) is 1. The largest absolute Gasteiger partial charge is 0.323 e. The Balaban J connectivity index is 1.60. The molecule has 134 valence electrons. The molecular formula is C18H15N7OS. The van der Waals surface area contributed by atoms with Gasteiger partial charge in [0.1, 0.15) is 10.5 Å². The molecule has 0 atom stereocenters. The molecule has 0 unspecified atom stereocenters. The van der Waals surface area contributed by atoms with E-state index in [0.29, 0.717) is 18.5 Å². The summed E-state index contributed by atoms with van der Waals surface area (Å²) in [5, 5.41) is 13.1. The molecule has 0 amide bonds. The van der Waals surface area contributed by atoms with Crippen LogP contribution in [0.1, 0.15) is 16.3 Å². The molecule has 9 heteroatoms. The summed E-state index contributed by atoms with van der Waals surface area (Å²) in [6, 6.07) is 5.69. The van der Waals surface area contributed by atoms with Gasteiger partial charge < -0.3 is 4.57 Å². The minimum Gasteiger partial charge on any atom is -0.323 e. The van der Waals surface area contributed by atoms with Crippen molar-refractivity contribution in [2.75, 3.05) is 0 Å². The standard InChI is InChI=1S/C18H15N7OS/c1-24-15-13(9-21-25(18(15)26)10-11-2-5-19-6-3-11)16-17(24)22-14(27-16)8-12-4-7-20-23-12/h2-7,9H,8,10H2,1H3,(H,20,23). The zero-order chi connectivity index (χ0) is 18.4. The van der Waals surface area contributed by atoms with E-state index >= 15 is 0 Å². The van der Waals surface area contributed by atoms with Gasteiger partial charge in [0.05, 0.1) is 17.4 Å². The topological polar surface area (TPSA) is 94.3 Å². The maximum Gasteiger partial charge on any atom is 0.291 e. The van der Waals surface area contributed by atoms with Gasteiger partial charge in [-0.25, -0.2) is 9.67 Å². The molecule has 0 radical (unpaired) electrons. The number of thiazole rings is 1. The molecule has 8 nitrogen and oxygen atoms in total. The van der Waals surface area contributed by atoms with Crippen LogP contribution in [-0.2, 0) is 20.0 Å². The Bertz CT molecular complexity index is 1300. The Morgan fingerprint density at radius 2 is 2.04 bits per heavy atom. The lowest BCUT2D eigenvalue weighted by Crippen LogP contribution is -2.24. The SMILES string of the molecule is Cn1c2nc(Cc3ccn[nH]3)sc2c2cnn(Cc3ccncc3)c(=O)c21. The monoisotopic (exact) mass is 377 g/mol. The van der Waals surface area contributed by atoms with E-state index in [1.54, 1.807) is 36.1 Å². The van der Waals surface area contributed by atoms with Crippen LogP contribution in [-0.4, -0.2) is 34.5 Å². The van der Waals surface area contributed by atoms with Crippen molar-refractivity contribution >= 4 is 32.6 Å². The normalized spacial score (nSPS) is 11.6. The molecular weight excluding hydrogens is 362 g/mol. The fourth-order valence-corrected chi connectivity index (χ4v) is 4.36. The predicted molar refractivity (Wildman–Crippen MR) is 103 cm³/mol. The average Bonchev–Trinajstić information content (AvgIpc) is 3.38. The lowest BCUT2D eigenvalue weighted by atomic mass is 10.3. The van der Waals surface area contributed by atoms with Crippen molar-refractivity contribution in [3.8, 4) is 0 Å². The van der Waals surface area contributed by atoms with E-state index in [-0.39, 0.29) is 5.56 Å². The lowest BCUT2D eigenvalue weighted by Gasteiger charge is -2.05. The summed E-state index contributed by atoms with van der Waals surface area (Å²) < 4.78 is 4.33. The molecule has 1 N–H and O–H groups in total. The van der Waals surface area contributed by atoms with E-state index in [4.69, 9.17) is 4.98 Å². The number of aromatic amines is 1. The number of aromatic nitrogens is 7. The highest BCUT2D eigenvalue weighted by Gasteiger charge is 2.18. The molecule has 27 heavy (non-hydrogen) atoms. The molecule has 5 rings (SSSR count). The van der Waals surface area contributed by atoms with Crippen molar-refractivity contribution in [3.05, 3.63) is 69.6 Å². The first-order chi connectivity index (χ1) is 13.2. The van der Waals surface area contributed by atoms with Crippen molar-refractivity contribution < 1.29 is 0 Å². The summed E-state index contributed by atoms with van der Waals surface area (Å²) in [6.07, 6.45) is 7.60. The number of rotatable bonds is 4. The Morgan fingerprint density at radius 3 is 2.81 bits per heavy atom. The van der Waals surface area contributed by atoms with Crippen LogP contribution in [0.3, 0.4) is 0 Å². The van der Waals surface area contributed by atoms with Gasteiger partial charge in [0.15, 0.2) is 5.65 Å². The van der Waals surface area contributed by atoms with Gasteiger partial charge in [0, 0.05) is 43.1 Å². The highest BCUT2D eigenvalue weighted by atomic mass is 32.1. The second kappa shape index (κ2) is 6.13. The first-order valence-corrected chi connectivity index (χ1v) is 9.23. The van der Waals surface area contributed by atoms with E-state index in [1.165, 1.54) is 4.68 Å². The number of H-pyrrole nitrogens is 1. The molecule has 5 aromatic rings. The van der Waals surface area contributed by atoms with Crippen molar-refractivity contribution in [2.24, 2.45) is 7.05 Å². The van der Waals surface area contributed by atoms with Crippen LogP contribution in [0, 0.1) is 0 Å². The van der Waals surface area contributed by atoms with E-state index in [0.717, 1.165) is 32.0 Å². The van der Waals surface area contributed by atoms with Gasteiger partial charge >= 0.3 is 0 Å². The molecule has 0 aliphatic rings. The summed E-state index contributed by atoms with van der Waals surface area (Å²) in [6.45, 7) is 0.411. The van der Waals surface area contributed by atoms with Crippen LogP contribution in [0.25, 0.3) is 21.3 Å². The first kappa shape index (κ1) is 15.9. The van der Waals surface area contributed by atoms with Gasteiger partial charge in [-0.1, -0.05) is 0 Å². The van der Waals surface area contributed by atoms with Crippen molar-refractivity contribution in [1.29, 1.82) is 0 Å². The third-order valence-electron chi connectivity index (χ3n) is 4.55. The van der Waals surface area contributed by atoms with Gasteiger partial charge in [-0.3, -0.25) is 14.9 Å². The number of hydrogen-bond acceptors (Lipinski definition) is 6. The lowest BCUT2D eigenvalue weighted by molar-refractivity contribution is 0.643. The van der Waals surface area contributed by atoms with Gasteiger partial charge in [-0.2, -0.15) is 10.2 Å². The zero-order valence-corrected chi connectivity index (χ0v) is 15.3. The van der Waals surface area contributed by atoms with Crippen LogP contribution in [0.5, 0.6) is 0 Å². The van der Waals surface area contributed by atoms with E-state index in [2.05, 4.69) is 20.3 Å². The molecule has 0 spiro atoms. The molecule has 0 fully saturated rings. The molecule has 0 aromatic carbocycles. The summed E-state index contributed by atoms with van der Waals surface area (Å²) in [5.74, 6) is 0. The highest BCUT2D eigenvalue weighted by Crippen LogP contribution is 2.31. The summed E-state index contributed by atoms with van der Waals surface area (Å²) in [7, 11) is 1.88. The van der Waals surface area contributed by atoms with Crippen LogP contribution in [0.4, 0.5) is 0 Å². The quantitative estimate of drug-likeness (QED) is 0.518. The summed E-state index contributed by atoms with van der Waals surface area (Å²) >= 11 is 1.59. The number of aryl methyl sites for hydroxylation is 1. The first-order valence-electron chi connectivity index (χ1n) is 8.42. The Morgan fingerprint density at radius 1 is 1.19 bits per heavy atom. The van der Waals surface area contributed by atoms with Gasteiger partial charge in [0.2, 0.25) is 0 Å². The molecule has 0 aliphatic carbocycles. The van der Waals surface area contributed by atoms with Crippen LogP contribution >= 0.6 is 11.3 Å². The molecule has 0 saturated carbocycles. The predicted octanol–water partition coefficient (Wildman–Crippen LogP) is 2.10. The van der Waals surface area contributed by atoms with Crippen LogP contribution in [0.15, 0.2) is 47.8 Å². The van der Waals surface area contributed by atoms with Crippen LogP contribution in [0.2, 0.25) is 0 Å². The van der Waals surface area contributed by atoms with E-state index in [1.807, 2.05) is 29.8 Å². The third kappa shape index (κ3) is 2.63. The smallest absolute Gasteiger partial charge is 0.291 e. The fraction of sp³-hybridized carbons (Fsp3) is 0.167. The molecule has 5 aromatic heterocycles. The molecule has 0 saturated heterocycles. The van der Waals surface area contributed by atoms with Crippen molar-refractivity contribution in [3.63, 3.8) is 0 Å². The second-order valence-corrected chi connectivity index (χ2v) is 7.39. The molecule has 0 bridgehead atoms. The summed E-state index contributed by atoms with van der Waals surface area (Å²) in [5.41, 5.74) is 3.31. The maximum absolute atomic E-state index is 13.0. The minimum atomic E-state index is -0.118. The molecule has 0 aliphatic heterocycles. The van der Waals surface area contributed by atoms with E-state index in [9.17, 15) is 4.79 Å². The third-order valence-corrected chi connectivity index (χ3v) is 5.63. The number of fused-ring (bicyclic) bond motifs is 3.